The smallest absolute Gasteiger partial charge is 0.252 e. The van der Waals surface area contributed by atoms with Crippen LogP contribution in [-0.2, 0) is 6.54 Å². The van der Waals surface area contributed by atoms with Crippen molar-refractivity contribution in [1.29, 1.82) is 0 Å². The van der Waals surface area contributed by atoms with Crippen LogP contribution in [0.3, 0.4) is 0 Å². The first-order chi connectivity index (χ1) is 9.78. The van der Waals surface area contributed by atoms with E-state index in [1.165, 1.54) is 0 Å². The minimum atomic E-state index is -0.143. The van der Waals surface area contributed by atoms with Crippen molar-refractivity contribution in [2.75, 3.05) is 7.05 Å². The van der Waals surface area contributed by atoms with E-state index in [1.54, 1.807) is 25.5 Å². The molecular formula is C15H14N4O. The highest BCUT2D eigenvalue weighted by Gasteiger charge is 2.09. The number of benzene rings is 1. The number of carbonyl (C=O) groups is 1. The number of hydrogen-bond acceptors (Lipinski definition) is 3. The van der Waals surface area contributed by atoms with Gasteiger partial charge in [0.15, 0.2) is 5.65 Å². The Labute approximate surface area is 116 Å². The van der Waals surface area contributed by atoms with Gasteiger partial charge in [0, 0.05) is 18.6 Å². The molecule has 0 fully saturated rings. The highest BCUT2D eigenvalue weighted by Crippen LogP contribution is 2.14. The Kier molecular flexibility index (Phi) is 3.16. The maximum absolute atomic E-state index is 11.6. The van der Waals surface area contributed by atoms with Crippen LogP contribution in [0.4, 0.5) is 0 Å². The Morgan fingerprint density at radius 1 is 1.25 bits per heavy atom. The van der Waals surface area contributed by atoms with Gasteiger partial charge < -0.3 is 5.32 Å². The molecule has 5 nitrogen and oxygen atoms in total. The summed E-state index contributed by atoms with van der Waals surface area (Å²) in [5, 5.41) is 7.79. The first-order valence-corrected chi connectivity index (χ1v) is 6.35. The number of pyridine rings is 1. The van der Waals surface area contributed by atoms with Crippen molar-refractivity contribution in [2.24, 2.45) is 0 Å². The summed E-state index contributed by atoms with van der Waals surface area (Å²) < 4.78 is 1.83. The first kappa shape index (κ1) is 12.3. The third-order valence-electron chi connectivity index (χ3n) is 3.14. The molecule has 0 saturated carbocycles. The lowest BCUT2D eigenvalue weighted by atomic mass is 10.2. The van der Waals surface area contributed by atoms with Gasteiger partial charge in [-0.15, -0.1) is 0 Å². The molecule has 2 aromatic heterocycles. The van der Waals surface area contributed by atoms with Gasteiger partial charge in [0.2, 0.25) is 0 Å². The summed E-state index contributed by atoms with van der Waals surface area (Å²) in [7, 11) is 1.60. The molecule has 3 rings (SSSR count). The fourth-order valence-corrected chi connectivity index (χ4v) is 2.11. The fourth-order valence-electron chi connectivity index (χ4n) is 2.11. The Bertz CT molecular complexity index is 749. The molecule has 1 aromatic carbocycles. The molecule has 0 bridgehead atoms. The fraction of sp³-hybridized carbons (Fsp3) is 0.133. The van der Waals surface area contributed by atoms with Crippen LogP contribution in [0.1, 0.15) is 15.9 Å². The van der Waals surface area contributed by atoms with Crippen LogP contribution in [-0.4, -0.2) is 27.7 Å². The van der Waals surface area contributed by atoms with Gasteiger partial charge in [-0.1, -0.05) is 30.3 Å². The van der Waals surface area contributed by atoms with Crippen LogP contribution in [0.15, 0.2) is 48.8 Å². The molecule has 0 aliphatic rings. The summed E-state index contributed by atoms with van der Waals surface area (Å²) in [6.45, 7) is 0.663. The third-order valence-corrected chi connectivity index (χ3v) is 3.14. The second-order valence-electron chi connectivity index (χ2n) is 4.50. The summed E-state index contributed by atoms with van der Waals surface area (Å²) in [4.78, 5) is 15.9. The van der Waals surface area contributed by atoms with Crippen LogP contribution >= 0.6 is 0 Å². The molecular weight excluding hydrogens is 252 g/mol. The first-order valence-electron chi connectivity index (χ1n) is 6.35. The Balaban J connectivity index is 1.96. The van der Waals surface area contributed by atoms with Gasteiger partial charge in [-0.25, -0.2) is 9.67 Å². The molecule has 0 unspecified atom stereocenters. The van der Waals surface area contributed by atoms with E-state index in [9.17, 15) is 4.79 Å². The molecule has 1 N–H and O–H groups in total. The number of aromatic nitrogens is 3. The second-order valence-corrected chi connectivity index (χ2v) is 4.50. The van der Waals surface area contributed by atoms with Crippen LogP contribution < -0.4 is 5.32 Å². The van der Waals surface area contributed by atoms with Crippen molar-refractivity contribution >= 4 is 16.9 Å². The predicted molar refractivity (Wildman–Crippen MR) is 76.5 cm³/mol. The Morgan fingerprint density at radius 2 is 2.05 bits per heavy atom. The van der Waals surface area contributed by atoms with Crippen LogP contribution in [0.2, 0.25) is 0 Å². The molecule has 0 atom stereocenters. The van der Waals surface area contributed by atoms with Crippen molar-refractivity contribution in [3.63, 3.8) is 0 Å². The molecule has 0 saturated heterocycles. The summed E-state index contributed by atoms with van der Waals surface area (Å²) >= 11 is 0. The normalized spacial score (nSPS) is 10.7. The summed E-state index contributed by atoms with van der Waals surface area (Å²) in [6.07, 6.45) is 3.31. The largest absolute Gasteiger partial charge is 0.355 e. The molecule has 20 heavy (non-hydrogen) atoms. The third kappa shape index (κ3) is 2.25. The monoisotopic (exact) mass is 266 g/mol. The van der Waals surface area contributed by atoms with Crippen LogP contribution in [0.5, 0.6) is 0 Å². The van der Waals surface area contributed by atoms with Gasteiger partial charge in [0.1, 0.15) is 0 Å². The zero-order valence-corrected chi connectivity index (χ0v) is 11.1. The SMILES string of the molecule is CNC(=O)c1cnc2c(cnn2Cc2ccccc2)c1. The van der Waals surface area contributed by atoms with E-state index in [4.69, 9.17) is 0 Å². The number of amides is 1. The zero-order valence-electron chi connectivity index (χ0n) is 11.1. The van der Waals surface area contributed by atoms with E-state index in [0.29, 0.717) is 12.1 Å². The van der Waals surface area contributed by atoms with Crippen molar-refractivity contribution in [1.82, 2.24) is 20.1 Å². The van der Waals surface area contributed by atoms with Crippen molar-refractivity contribution in [3.05, 3.63) is 59.9 Å². The highest BCUT2D eigenvalue weighted by atomic mass is 16.1. The maximum atomic E-state index is 11.6. The second kappa shape index (κ2) is 5.13. The van der Waals surface area contributed by atoms with Gasteiger partial charge in [-0.05, 0) is 11.6 Å². The molecule has 0 aliphatic carbocycles. The lowest BCUT2D eigenvalue weighted by Crippen LogP contribution is -2.17. The minimum absolute atomic E-state index is 0.143. The molecule has 0 radical (unpaired) electrons. The number of hydrogen-bond donors (Lipinski definition) is 1. The van der Waals surface area contributed by atoms with Crippen molar-refractivity contribution < 1.29 is 4.79 Å². The molecule has 0 aliphatic heterocycles. The average Bonchev–Trinajstić information content (AvgIpc) is 2.90. The highest BCUT2D eigenvalue weighted by molar-refractivity contribution is 5.96. The quantitative estimate of drug-likeness (QED) is 0.787. The number of rotatable bonds is 3. The Morgan fingerprint density at radius 3 is 2.80 bits per heavy atom. The molecule has 2 heterocycles. The topological polar surface area (TPSA) is 59.8 Å². The van der Waals surface area contributed by atoms with Gasteiger partial charge in [0.05, 0.1) is 18.3 Å². The van der Waals surface area contributed by atoms with Gasteiger partial charge in [-0.2, -0.15) is 5.10 Å². The molecule has 3 aromatic rings. The van der Waals surface area contributed by atoms with E-state index in [2.05, 4.69) is 15.4 Å². The van der Waals surface area contributed by atoms with E-state index in [-0.39, 0.29) is 5.91 Å². The van der Waals surface area contributed by atoms with Gasteiger partial charge in [0.25, 0.3) is 5.91 Å². The Hall–Kier alpha value is -2.69. The maximum Gasteiger partial charge on any atom is 0.252 e. The average molecular weight is 266 g/mol. The van der Waals surface area contributed by atoms with E-state index < -0.39 is 0 Å². The molecule has 0 spiro atoms. The number of fused-ring (bicyclic) bond motifs is 1. The number of carbonyl (C=O) groups excluding carboxylic acids is 1. The summed E-state index contributed by atoms with van der Waals surface area (Å²) in [5.41, 5.74) is 2.48. The van der Waals surface area contributed by atoms with Gasteiger partial charge >= 0.3 is 0 Å². The van der Waals surface area contributed by atoms with Crippen LogP contribution in [0, 0.1) is 0 Å². The zero-order chi connectivity index (χ0) is 13.9. The predicted octanol–water partition coefficient (Wildman–Crippen LogP) is 1.84. The number of nitrogens with one attached hydrogen (secondary N) is 1. The van der Waals surface area contributed by atoms with E-state index >= 15 is 0 Å². The lowest BCUT2D eigenvalue weighted by molar-refractivity contribution is 0.0963. The van der Waals surface area contributed by atoms with Crippen molar-refractivity contribution in [2.45, 2.75) is 6.54 Å². The standard InChI is InChI=1S/C15H14N4O/c1-16-15(20)13-7-12-9-18-19(14(12)17-8-13)10-11-5-3-2-4-6-11/h2-9H,10H2,1H3,(H,16,20). The van der Waals surface area contributed by atoms with E-state index in [1.807, 2.05) is 35.0 Å². The number of nitrogens with zero attached hydrogens (tertiary/aromatic N) is 3. The molecule has 1 amide bonds. The summed E-state index contributed by atoms with van der Waals surface area (Å²) in [5.74, 6) is -0.143. The minimum Gasteiger partial charge on any atom is -0.355 e. The lowest BCUT2D eigenvalue weighted by Gasteiger charge is -2.04. The van der Waals surface area contributed by atoms with Crippen LogP contribution in [0.25, 0.3) is 11.0 Å². The van der Waals surface area contributed by atoms with Gasteiger partial charge in [-0.3, -0.25) is 4.79 Å². The van der Waals surface area contributed by atoms with Crippen molar-refractivity contribution in [3.8, 4) is 0 Å². The summed E-state index contributed by atoms with van der Waals surface area (Å²) in [6, 6.07) is 11.9. The molecule has 5 heteroatoms. The molecule has 100 valence electrons. The van der Waals surface area contributed by atoms with E-state index in [0.717, 1.165) is 16.6 Å².